The third-order valence-electron chi connectivity index (χ3n) is 2.21. The zero-order chi connectivity index (χ0) is 11.5. The molecule has 0 bridgehead atoms. The Morgan fingerprint density at radius 2 is 2.00 bits per heavy atom. The first-order chi connectivity index (χ1) is 7.72. The first kappa shape index (κ1) is 11.0. The number of benzene rings is 1. The van der Waals surface area contributed by atoms with Gasteiger partial charge in [-0.1, -0.05) is 12.1 Å². The van der Waals surface area contributed by atoms with Crippen LogP contribution in [-0.4, -0.2) is 4.98 Å². The standard InChI is InChI=1S/C12H8ClF2N/c13-5-8-4-9(7-16-6-8)10-2-1-3-11(14)12(10)15/h1-4,6-7H,5H2. The molecule has 82 valence electrons. The molecule has 0 aliphatic rings. The van der Waals surface area contributed by atoms with E-state index in [9.17, 15) is 8.78 Å². The molecule has 0 radical (unpaired) electrons. The zero-order valence-electron chi connectivity index (χ0n) is 8.25. The fourth-order valence-corrected chi connectivity index (χ4v) is 1.58. The number of aromatic nitrogens is 1. The van der Waals surface area contributed by atoms with Crippen molar-refractivity contribution >= 4 is 11.6 Å². The molecule has 0 atom stereocenters. The van der Waals surface area contributed by atoms with E-state index in [0.717, 1.165) is 11.6 Å². The van der Waals surface area contributed by atoms with Crippen molar-refractivity contribution in [3.8, 4) is 11.1 Å². The maximum Gasteiger partial charge on any atom is 0.166 e. The SMILES string of the molecule is Fc1cccc(-c2cncc(CCl)c2)c1F. The lowest BCUT2D eigenvalue weighted by Crippen LogP contribution is -1.91. The summed E-state index contributed by atoms with van der Waals surface area (Å²) in [5, 5.41) is 0. The second-order valence-corrected chi connectivity index (χ2v) is 3.58. The Kier molecular flexibility index (Phi) is 3.15. The molecule has 4 heteroatoms. The first-order valence-corrected chi connectivity index (χ1v) is 5.20. The molecule has 0 aliphatic carbocycles. The molecule has 1 heterocycles. The van der Waals surface area contributed by atoms with E-state index in [1.165, 1.54) is 18.3 Å². The summed E-state index contributed by atoms with van der Waals surface area (Å²) >= 11 is 5.65. The Morgan fingerprint density at radius 1 is 1.19 bits per heavy atom. The van der Waals surface area contributed by atoms with Crippen LogP contribution in [0.25, 0.3) is 11.1 Å². The van der Waals surface area contributed by atoms with Gasteiger partial charge >= 0.3 is 0 Å². The van der Waals surface area contributed by atoms with Crippen molar-refractivity contribution < 1.29 is 8.78 Å². The molecule has 1 aromatic heterocycles. The number of halogens is 3. The summed E-state index contributed by atoms with van der Waals surface area (Å²) in [4.78, 5) is 3.93. The maximum absolute atomic E-state index is 13.5. The second kappa shape index (κ2) is 4.58. The van der Waals surface area contributed by atoms with Gasteiger partial charge in [-0.05, 0) is 17.7 Å². The molecule has 0 saturated heterocycles. The van der Waals surface area contributed by atoms with E-state index in [2.05, 4.69) is 4.98 Å². The highest BCUT2D eigenvalue weighted by Gasteiger charge is 2.09. The largest absolute Gasteiger partial charge is 0.264 e. The Bertz CT molecular complexity index is 514. The molecule has 2 rings (SSSR count). The average Bonchev–Trinajstić information content (AvgIpc) is 2.33. The molecule has 16 heavy (non-hydrogen) atoms. The molecule has 1 nitrogen and oxygen atoms in total. The van der Waals surface area contributed by atoms with Crippen LogP contribution >= 0.6 is 11.6 Å². The molecule has 0 saturated carbocycles. The van der Waals surface area contributed by atoms with E-state index in [4.69, 9.17) is 11.6 Å². The normalized spacial score (nSPS) is 10.4. The van der Waals surface area contributed by atoms with Crippen LogP contribution in [0.2, 0.25) is 0 Å². The Morgan fingerprint density at radius 3 is 2.75 bits per heavy atom. The van der Waals surface area contributed by atoms with Crippen molar-refractivity contribution in [3.05, 3.63) is 53.9 Å². The van der Waals surface area contributed by atoms with Gasteiger partial charge in [0.25, 0.3) is 0 Å². The van der Waals surface area contributed by atoms with Gasteiger partial charge in [0.05, 0.1) is 0 Å². The molecule has 0 unspecified atom stereocenters. The van der Waals surface area contributed by atoms with Crippen LogP contribution in [0.1, 0.15) is 5.56 Å². The molecule has 0 spiro atoms. The minimum absolute atomic E-state index is 0.194. The van der Waals surface area contributed by atoms with Gasteiger partial charge in [0, 0.05) is 29.4 Å². The summed E-state index contributed by atoms with van der Waals surface area (Å²) in [6.45, 7) is 0. The monoisotopic (exact) mass is 239 g/mol. The van der Waals surface area contributed by atoms with Gasteiger partial charge in [-0.25, -0.2) is 8.78 Å². The summed E-state index contributed by atoms with van der Waals surface area (Å²) in [7, 11) is 0. The van der Waals surface area contributed by atoms with Gasteiger partial charge in [0.15, 0.2) is 11.6 Å². The van der Waals surface area contributed by atoms with Crippen LogP contribution in [0.3, 0.4) is 0 Å². The summed E-state index contributed by atoms with van der Waals surface area (Å²) in [5.41, 5.74) is 1.48. The summed E-state index contributed by atoms with van der Waals surface area (Å²) < 4.78 is 26.5. The second-order valence-electron chi connectivity index (χ2n) is 3.32. The number of hydrogen-bond donors (Lipinski definition) is 0. The highest BCUT2D eigenvalue weighted by Crippen LogP contribution is 2.24. The van der Waals surface area contributed by atoms with Crippen LogP contribution in [0.4, 0.5) is 8.78 Å². The molecule has 2 aromatic rings. The van der Waals surface area contributed by atoms with E-state index < -0.39 is 11.6 Å². The van der Waals surface area contributed by atoms with E-state index >= 15 is 0 Å². The topological polar surface area (TPSA) is 12.9 Å². The lowest BCUT2D eigenvalue weighted by atomic mass is 10.1. The molecule has 1 aromatic carbocycles. The third-order valence-corrected chi connectivity index (χ3v) is 2.52. The number of pyridine rings is 1. The number of alkyl halides is 1. The van der Waals surface area contributed by atoms with E-state index in [0.29, 0.717) is 5.56 Å². The van der Waals surface area contributed by atoms with Crippen molar-refractivity contribution in [3.63, 3.8) is 0 Å². The van der Waals surface area contributed by atoms with E-state index in [1.54, 1.807) is 12.3 Å². The van der Waals surface area contributed by atoms with Gasteiger partial charge in [0.1, 0.15) is 0 Å². The minimum Gasteiger partial charge on any atom is -0.264 e. The van der Waals surface area contributed by atoms with Gasteiger partial charge in [0.2, 0.25) is 0 Å². The lowest BCUT2D eigenvalue weighted by Gasteiger charge is -2.04. The average molecular weight is 240 g/mol. The highest BCUT2D eigenvalue weighted by molar-refractivity contribution is 6.17. The van der Waals surface area contributed by atoms with Gasteiger partial charge in [-0.3, -0.25) is 4.98 Å². The predicted molar refractivity (Wildman–Crippen MR) is 59.1 cm³/mol. The molecular weight excluding hydrogens is 232 g/mol. The van der Waals surface area contributed by atoms with Crippen LogP contribution in [-0.2, 0) is 5.88 Å². The quantitative estimate of drug-likeness (QED) is 0.727. The fourth-order valence-electron chi connectivity index (χ4n) is 1.43. The van der Waals surface area contributed by atoms with Gasteiger partial charge in [-0.15, -0.1) is 11.6 Å². The Balaban J connectivity index is 2.54. The maximum atomic E-state index is 13.5. The molecular formula is C12H8ClF2N. The van der Waals surface area contributed by atoms with Crippen molar-refractivity contribution in [2.75, 3.05) is 0 Å². The van der Waals surface area contributed by atoms with E-state index in [-0.39, 0.29) is 11.4 Å². The summed E-state index contributed by atoms with van der Waals surface area (Å²) in [6, 6.07) is 5.74. The molecule has 0 aliphatic heterocycles. The Labute approximate surface area is 96.7 Å². The van der Waals surface area contributed by atoms with Gasteiger partial charge in [-0.2, -0.15) is 0 Å². The van der Waals surface area contributed by atoms with Crippen LogP contribution in [0, 0.1) is 11.6 Å². The van der Waals surface area contributed by atoms with Crippen LogP contribution in [0.5, 0.6) is 0 Å². The molecule has 0 amide bonds. The third kappa shape index (κ3) is 2.04. The lowest BCUT2D eigenvalue weighted by molar-refractivity contribution is 0.511. The summed E-state index contributed by atoms with van der Waals surface area (Å²) in [5.74, 6) is -1.44. The summed E-state index contributed by atoms with van der Waals surface area (Å²) in [6.07, 6.45) is 3.07. The molecule has 0 N–H and O–H groups in total. The van der Waals surface area contributed by atoms with Crippen molar-refractivity contribution in [1.29, 1.82) is 0 Å². The number of hydrogen-bond acceptors (Lipinski definition) is 1. The minimum atomic E-state index is -0.867. The first-order valence-electron chi connectivity index (χ1n) is 4.66. The van der Waals surface area contributed by atoms with E-state index in [1.807, 2.05) is 0 Å². The molecule has 0 fully saturated rings. The fraction of sp³-hybridized carbons (Fsp3) is 0.0833. The Hall–Kier alpha value is -1.48. The van der Waals surface area contributed by atoms with Crippen LogP contribution < -0.4 is 0 Å². The zero-order valence-corrected chi connectivity index (χ0v) is 9.01. The van der Waals surface area contributed by atoms with Crippen molar-refractivity contribution in [2.45, 2.75) is 5.88 Å². The van der Waals surface area contributed by atoms with Crippen molar-refractivity contribution in [1.82, 2.24) is 4.98 Å². The van der Waals surface area contributed by atoms with Crippen molar-refractivity contribution in [2.24, 2.45) is 0 Å². The predicted octanol–water partition coefficient (Wildman–Crippen LogP) is 3.77. The van der Waals surface area contributed by atoms with Gasteiger partial charge < -0.3 is 0 Å². The smallest absolute Gasteiger partial charge is 0.166 e. The highest BCUT2D eigenvalue weighted by atomic mass is 35.5. The number of rotatable bonds is 2. The van der Waals surface area contributed by atoms with Crippen LogP contribution in [0.15, 0.2) is 36.7 Å². The number of nitrogens with zero attached hydrogens (tertiary/aromatic N) is 1.